The second-order valence-electron chi connectivity index (χ2n) is 5.21. The molecule has 0 bridgehead atoms. The van der Waals surface area contributed by atoms with Gasteiger partial charge in [0.05, 0.1) is 13.9 Å². The van der Waals surface area contributed by atoms with Crippen molar-refractivity contribution in [3.8, 4) is 0 Å². The van der Waals surface area contributed by atoms with Crippen molar-refractivity contribution in [2.45, 2.75) is 102 Å². The highest BCUT2D eigenvalue weighted by atomic mass is 19.4. The van der Waals surface area contributed by atoms with Gasteiger partial charge in [-0.3, -0.25) is 8.78 Å². The summed E-state index contributed by atoms with van der Waals surface area (Å²) in [6, 6.07) is 0. The van der Waals surface area contributed by atoms with E-state index >= 15 is 0 Å². The molecule has 0 aromatic carbocycles. The third-order valence-corrected chi connectivity index (χ3v) is 1.42. The van der Waals surface area contributed by atoms with Crippen LogP contribution in [0, 0.1) is 5.41 Å². The van der Waals surface area contributed by atoms with Gasteiger partial charge in [-0.15, -0.1) is 0 Å². The maximum atomic E-state index is 11.6. The largest absolute Gasteiger partial charge is 0.402 e. The number of ketones is 1. The van der Waals surface area contributed by atoms with E-state index in [4.69, 9.17) is 0 Å². The molecule has 0 unspecified atom stereocenters. The normalized spacial score (nSPS) is 9.07. The van der Waals surface area contributed by atoms with E-state index in [9.17, 15) is 39.9 Å². The minimum atomic E-state index is -5.24. The van der Waals surface area contributed by atoms with E-state index < -0.39 is 17.8 Å². The molecule has 0 spiro atoms. The lowest BCUT2D eigenvalue weighted by molar-refractivity contribution is -0.327. The van der Waals surface area contributed by atoms with E-state index in [0.29, 0.717) is 7.18 Å². The Bertz CT molecular complexity index is 235. The molecule has 0 aliphatic heterocycles. The SMILES string of the molecule is C.C.CC(C)(C(F)(F)F)C(F)(F)F.CC(C)=O.CCC.CCC.CCF.CF. The van der Waals surface area contributed by atoms with Gasteiger partial charge in [-0.2, -0.15) is 26.3 Å². The van der Waals surface area contributed by atoms with Crippen molar-refractivity contribution in [3.05, 3.63) is 0 Å². The van der Waals surface area contributed by atoms with Crippen LogP contribution in [0.4, 0.5) is 35.1 Å². The number of halogens is 8. The van der Waals surface area contributed by atoms with Crippen LogP contribution in [0.3, 0.4) is 0 Å². The van der Waals surface area contributed by atoms with E-state index in [1.54, 1.807) is 0 Å². The van der Waals surface area contributed by atoms with Crippen LogP contribution in [0.2, 0.25) is 0 Å². The molecule has 0 aromatic rings. The molecule has 0 heterocycles. The molecular formula is C19H44F8O. The highest BCUT2D eigenvalue weighted by molar-refractivity contribution is 5.72. The molecule has 0 aliphatic carbocycles. The number of alkyl halides is 8. The molecule has 0 fully saturated rings. The third kappa shape index (κ3) is 49.9. The average molecular weight is 441 g/mol. The number of carbonyl (C=O) groups is 1. The van der Waals surface area contributed by atoms with E-state index in [2.05, 4.69) is 27.7 Å². The Labute approximate surface area is 168 Å². The minimum Gasteiger partial charge on any atom is -0.300 e. The second kappa shape index (κ2) is 30.8. The second-order valence-corrected chi connectivity index (χ2v) is 5.21. The predicted octanol–water partition coefficient (Wildman–Crippen LogP) is 9.40. The fourth-order valence-corrected chi connectivity index (χ4v) is 0.161. The van der Waals surface area contributed by atoms with Gasteiger partial charge in [0, 0.05) is 0 Å². The van der Waals surface area contributed by atoms with Crippen LogP contribution < -0.4 is 0 Å². The topological polar surface area (TPSA) is 17.1 Å². The number of Topliss-reactive ketones (excluding diaryl/α,β-unsaturated/α-hetero) is 1. The first-order valence-electron chi connectivity index (χ1n) is 8.02. The minimum absolute atomic E-state index is 0. The quantitative estimate of drug-likeness (QED) is 0.343. The van der Waals surface area contributed by atoms with Gasteiger partial charge in [0.25, 0.3) is 0 Å². The summed E-state index contributed by atoms with van der Waals surface area (Å²) in [4.78, 5) is 9.44. The van der Waals surface area contributed by atoms with Crippen LogP contribution >= 0.6 is 0 Å². The highest BCUT2D eigenvalue weighted by Gasteiger charge is 2.64. The summed E-state index contributed by atoms with van der Waals surface area (Å²) in [5.41, 5.74) is -3.62. The molecule has 0 aromatic heterocycles. The predicted molar refractivity (Wildman–Crippen MR) is 106 cm³/mol. The zero-order valence-electron chi connectivity index (χ0n) is 17.6. The van der Waals surface area contributed by atoms with Crippen molar-refractivity contribution in [1.82, 2.24) is 0 Å². The standard InChI is InChI=1S/C5H6F6.C3H6O.2C3H8.C2H5F.CH3F.2CH4/c1-3(2,4(6,7)8)5(9,10)11;1-3(2)4;2*1-3-2;1-2-3;1-2;;/h1-2H3;1-2H3;2*3H2,1-2H3;2H2,1H3;1H3;2*1H4. The Balaban J connectivity index is -0.0000000331. The lowest BCUT2D eigenvalue weighted by atomic mass is 9.92. The molecular weight excluding hydrogens is 396 g/mol. The Morgan fingerprint density at radius 3 is 0.750 bits per heavy atom. The Morgan fingerprint density at radius 1 is 0.679 bits per heavy atom. The lowest BCUT2D eigenvalue weighted by Crippen LogP contribution is -2.44. The zero-order chi connectivity index (χ0) is 23.2. The molecule has 0 atom stereocenters. The van der Waals surface area contributed by atoms with Crippen molar-refractivity contribution in [1.29, 1.82) is 0 Å². The molecule has 0 aliphatic rings. The van der Waals surface area contributed by atoms with Gasteiger partial charge in [-0.25, -0.2) is 0 Å². The Kier molecular flexibility index (Phi) is 55.7. The summed E-state index contributed by atoms with van der Waals surface area (Å²) < 4.78 is 89.4. The van der Waals surface area contributed by atoms with Crippen LogP contribution in [0.5, 0.6) is 0 Å². The molecule has 1 nitrogen and oxygen atoms in total. The summed E-state index contributed by atoms with van der Waals surface area (Å²) in [5.74, 6) is 0.167. The molecule has 9 heteroatoms. The molecule has 0 amide bonds. The maximum absolute atomic E-state index is 11.6. The van der Waals surface area contributed by atoms with Crippen molar-refractivity contribution in [2.75, 3.05) is 13.9 Å². The number of rotatable bonds is 0. The van der Waals surface area contributed by atoms with Crippen molar-refractivity contribution >= 4 is 5.78 Å². The van der Waals surface area contributed by atoms with Crippen LogP contribution in [0.1, 0.15) is 90.0 Å². The van der Waals surface area contributed by atoms with Crippen LogP contribution in [-0.4, -0.2) is 32.0 Å². The lowest BCUT2D eigenvalue weighted by Gasteiger charge is -2.29. The van der Waals surface area contributed by atoms with Gasteiger partial charge in [0.1, 0.15) is 5.78 Å². The first kappa shape index (κ1) is 50.6. The first-order valence-corrected chi connectivity index (χ1v) is 8.02. The number of hydrogen-bond donors (Lipinski definition) is 0. The van der Waals surface area contributed by atoms with Crippen LogP contribution in [0.25, 0.3) is 0 Å². The molecule has 28 heavy (non-hydrogen) atoms. The summed E-state index contributed by atoms with van der Waals surface area (Å²) in [6.45, 7) is 13.0. The molecule has 182 valence electrons. The fourth-order valence-electron chi connectivity index (χ4n) is 0.161. The Morgan fingerprint density at radius 2 is 0.750 bits per heavy atom. The third-order valence-electron chi connectivity index (χ3n) is 1.42. The monoisotopic (exact) mass is 440 g/mol. The molecule has 0 rings (SSSR count). The summed E-state index contributed by atoms with van der Waals surface area (Å²) in [5, 5.41) is 0. The van der Waals surface area contributed by atoms with E-state index in [-0.39, 0.29) is 41.2 Å². The van der Waals surface area contributed by atoms with Gasteiger partial charge in [0.15, 0.2) is 5.41 Å². The van der Waals surface area contributed by atoms with Gasteiger partial charge in [0.2, 0.25) is 0 Å². The summed E-state index contributed by atoms with van der Waals surface area (Å²) >= 11 is 0. The van der Waals surface area contributed by atoms with E-state index in [1.165, 1.54) is 33.6 Å². The van der Waals surface area contributed by atoms with Crippen LogP contribution in [0.15, 0.2) is 0 Å². The van der Waals surface area contributed by atoms with Crippen molar-refractivity contribution < 1.29 is 39.9 Å². The van der Waals surface area contributed by atoms with Gasteiger partial charge < -0.3 is 4.79 Å². The van der Waals surface area contributed by atoms with Gasteiger partial charge >= 0.3 is 12.4 Å². The van der Waals surface area contributed by atoms with Crippen molar-refractivity contribution in [3.63, 3.8) is 0 Å². The smallest absolute Gasteiger partial charge is 0.300 e. The molecule has 0 N–H and O–H groups in total. The fraction of sp³-hybridized carbons (Fsp3) is 0.947. The number of carbonyl (C=O) groups excluding carboxylic acids is 1. The van der Waals surface area contributed by atoms with Gasteiger partial charge in [-0.05, 0) is 34.6 Å². The van der Waals surface area contributed by atoms with E-state index in [1.807, 2.05) is 0 Å². The average Bonchev–Trinajstić information content (AvgIpc) is 2.40. The summed E-state index contributed by atoms with van der Waals surface area (Å²) in [7, 11) is 0.500. The van der Waals surface area contributed by atoms with Gasteiger partial charge in [-0.1, -0.05) is 55.4 Å². The zero-order valence-corrected chi connectivity index (χ0v) is 17.6. The van der Waals surface area contributed by atoms with E-state index in [0.717, 1.165) is 0 Å². The highest BCUT2D eigenvalue weighted by Crippen LogP contribution is 2.49. The Hall–Kier alpha value is -0.890. The first-order chi connectivity index (χ1) is 11.5. The molecule has 0 saturated carbocycles. The van der Waals surface area contributed by atoms with Crippen LogP contribution in [-0.2, 0) is 4.79 Å². The summed E-state index contributed by atoms with van der Waals surface area (Å²) in [6.07, 6.45) is -7.99. The molecule has 0 saturated heterocycles. The molecule has 0 radical (unpaired) electrons. The van der Waals surface area contributed by atoms with Crippen molar-refractivity contribution in [2.24, 2.45) is 5.41 Å². The maximum Gasteiger partial charge on any atom is 0.402 e. The number of hydrogen-bond acceptors (Lipinski definition) is 1.